The van der Waals surface area contributed by atoms with Gasteiger partial charge < -0.3 is 14.5 Å². The normalized spacial score (nSPS) is 36.7. The molecule has 1 unspecified atom stereocenters. The Morgan fingerprint density at radius 1 is 1.15 bits per heavy atom. The SMILES string of the molecule is Cc1ccc(C(CNC(=O)C23CC4CC(CC(C4)C2)C3)N2CCOCC2)o1. The van der Waals surface area contributed by atoms with Crippen LogP contribution >= 0.6 is 0 Å². The van der Waals surface area contributed by atoms with Gasteiger partial charge in [-0.2, -0.15) is 0 Å². The van der Waals surface area contributed by atoms with Crippen molar-refractivity contribution in [1.29, 1.82) is 0 Å². The Labute approximate surface area is 161 Å². The first kappa shape index (κ1) is 17.7. The molecular weight excluding hydrogens is 340 g/mol. The van der Waals surface area contributed by atoms with Gasteiger partial charge in [0.25, 0.3) is 0 Å². The predicted molar refractivity (Wildman–Crippen MR) is 102 cm³/mol. The van der Waals surface area contributed by atoms with Crippen LogP contribution in [0.25, 0.3) is 0 Å². The summed E-state index contributed by atoms with van der Waals surface area (Å²) < 4.78 is 11.5. The van der Waals surface area contributed by atoms with Crippen LogP contribution in [-0.2, 0) is 9.53 Å². The number of rotatable bonds is 5. The van der Waals surface area contributed by atoms with E-state index in [-0.39, 0.29) is 11.5 Å². The van der Waals surface area contributed by atoms with Gasteiger partial charge in [-0.05, 0) is 75.3 Å². The number of nitrogens with zero attached hydrogens (tertiary/aromatic N) is 1. The molecule has 1 aromatic heterocycles. The highest BCUT2D eigenvalue weighted by atomic mass is 16.5. The summed E-state index contributed by atoms with van der Waals surface area (Å²) in [6.07, 6.45) is 7.46. The van der Waals surface area contributed by atoms with Gasteiger partial charge in [-0.15, -0.1) is 0 Å². The number of ether oxygens (including phenoxy) is 1. The Hall–Kier alpha value is -1.33. The van der Waals surface area contributed by atoms with Gasteiger partial charge in [0.1, 0.15) is 11.5 Å². The molecule has 1 aliphatic heterocycles. The number of carbonyl (C=O) groups is 1. The molecule has 0 aromatic carbocycles. The van der Waals surface area contributed by atoms with E-state index in [4.69, 9.17) is 9.15 Å². The van der Waals surface area contributed by atoms with Crippen LogP contribution in [0.4, 0.5) is 0 Å². The van der Waals surface area contributed by atoms with Crippen LogP contribution < -0.4 is 5.32 Å². The molecule has 0 radical (unpaired) electrons. The van der Waals surface area contributed by atoms with Gasteiger partial charge in [-0.3, -0.25) is 9.69 Å². The zero-order valence-electron chi connectivity index (χ0n) is 16.4. The van der Waals surface area contributed by atoms with Gasteiger partial charge in [0.15, 0.2) is 0 Å². The molecule has 0 spiro atoms. The lowest BCUT2D eigenvalue weighted by Crippen LogP contribution is -2.54. The lowest BCUT2D eigenvalue weighted by molar-refractivity contribution is -0.146. The van der Waals surface area contributed by atoms with E-state index < -0.39 is 0 Å². The van der Waals surface area contributed by atoms with Crippen LogP contribution in [0.15, 0.2) is 16.5 Å². The van der Waals surface area contributed by atoms with Gasteiger partial charge in [-0.25, -0.2) is 0 Å². The number of hydrogen-bond acceptors (Lipinski definition) is 4. The lowest BCUT2D eigenvalue weighted by Gasteiger charge is -2.55. The van der Waals surface area contributed by atoms with E-state index in [1.165, 1.54) is 19.3 Å². The fourth-order valence-electron chi connectivity index (χ4n) is 6.70. The van der Waals surface area contributed by atoms with Gasteiger partial charge in [-0.1, -0.05) is 0 Å². The summed E-state index contributed by atoms with van der Waals surface area (Å²) in [5.74, 6) is 4.58. The highest BCUT2D eigenvalue weighted by molar-refractivity contribution is 5.83. The summed E-state index contributed by atoms with van der Waals surface area (Å²) in [6.45, 7) is 5.88. The van der Waals surface area contributed by atoms with E-state index in [1.54, 1.807) is 0 Å². The molecule has 1 aromatic rings. The Bertz CT molecular complexity index is 656. The summed E-state index contributed by atoms with van der Waals surface area (Å²) in [7, 11) is 0. The Morgan fingerprint density at radius 2 is 1.78 bits per heavy atom. The van der Waals surface area contributed by atoms with E-state index in [2.05, 4.69) is 16.3 Å². The van der Waals surface area contributed by atoms with Crippen molar-refractivity contribution in [3.05, 3.63) is 23.7 Å². The first-order valence-corrected chi connectivity index (χ1v) is 10.8. The van der Waals surface area contributed by atoms with E-state index in [9.17, 15) is 4.79 Å². The molecule has 148 valence electrons. The second-order valence-corrected chi connectivity index (χ2v) is 9.52. The first-order valence-electron chi connectivity index (χ1n) is 10.8. The van der Waals surface area contributed by atoms with Crippen LogP contribution in [0.1, 0.15) is 56.1 Å². The molecule has 4 aliphatic carbocycles. The summed E-state index contributed by atoms with van der Waals surface area (Å²) in [5, 5.41) is 3.36. The van der Waals surface area contributed by atoms with Gasteiger partial charge in [0.05, 0.1) is 19.3 Å². The molecule has 6 rings (SSSR count). The molecule has 5 fully saturated rings. The number of furan rings is 1. The van der Waals surface area contributed by atoms with Crippen LogP contribution in [0.2, 0.25) is 0 Å². The Morgan fingerprint density at radius 3 is 2.33 bits per heavy atom. The fourth-order valence-corrected chi connectivity index (χ4v) is 6.70. The Kier molecular flexibility index (Phi) is 4.55. The second kappa shape index (κ2) is 6.93. The molecule has 4 bridgehead atoms. The maximum Gasteiger partial charge on any atom is 0.226 e. The van der Waals surface area contributed by atoms with Crippen molar-refractivity contribution >= 4 is 5.91 Å². The van der Waals surface area contributed by atoms with E-state index >= 15 is 0 Å². The molecule has 5 nitrogen and oxygen atoms in total. The third kappa shape index (κ3) is 3.33. The molecule has 27 heavy (non-hydrogen) atoms. The third-order valence-electron chi connectivity index (χ3n) is 7.55. The van der Waals surface area contributed by atoms with Gasteiger partial charge >= 0.3 is 0 Å². The number of nitrogens with one attached hydrogen (secondary N) is 1. The molecule has 1 saturated heterocycles. The van der Waals surface area contributed by atoms with Crippen molar-refractivity contribution < 1.29 is 13.9 Å². The molecule has 1 N–H and O–H groups in total. The summed E-state index contributed by atoms with van der Waals surface area (Å²) >= 11 is 0. The first-order chi connectivity index (χ1) is 13.1. The zero-order chi connectivity index (χ0) is 18.4. The number of amides is 1. The second-order valence-electron chi connectivity index (χ2n) is 9.52. The van der Waals surface area contributed by atoms with Crippen molar-refractivity contribution in [2.75, 3.05) is 32.8 Å². The topological polar surface area (TPSA) is 54.7 Å². The van der Waals surface area contributed by atoms with Crippen molar-refractivity contribution in [3.8, 4) is 0 Å². The average Bonchev–Trinajstić information content (AvgIpc) is 3.07. The largest absolute Gasteiger partial charge is 0.465 e. The smallest absolute Gasteiger partial charge is 0.226 e. The number of carbonyl (C=O) groups excluding carboxylic acids is 1. The van der Waals surface area contributed by atoms with Crippen molar-refractivity contribution in [2.45, 2.75) is 51.5 Å². The maximum absolute atomic E-state index is 13.3. The van der Waals surface area contributed by atoms with Crippen LogP contribution in [-0.4, -0.2) is 43.7 Å². The van der Waals surface area contributed by atoms with Crippen molar-refractivity contribution in [2.24, 2.45) is 23.2 Å². The number of aryl methyl sites for hydroxylation is 1. The molecule has 2 heterocycles. The lowest BCUT2D eigenvalue weighted by atomic mass is 9.49. The minimum atomic E-state index is -0.0800. The highest BCUT2D eigenvalue weighted by Gasteiger charge is 2.54. The highest BCUT2D eigenvalue weighted by Crippen LogP contribution is 2.60. The molecule has 4 saturated carbocycles. The molecule has 1 amide bonds. The summed E-state index contributed by atoms with van der Waals surface area (Å²) in [5.41, 5.74) is -0.0800. The quantitative estimate of drug-likeness (QED) is 0.862. The monoisotopic (exact) mass is 372 g/mol. The summed E-state index contributed by atoms with van der Waals surface area (Å²) in [6, 6.07) is 4.18. The van der Waals surface area contributed by atoms with E-state index in [1.807, 2.05) is 13.0 Å². The van der Waals surface area contributed by atoms with E-state index in [0.717, 1.165) is 74.8 Å². The molecule has 5 heteroatoms. The molecule has 1 atom stereocenters. The fraction of sp³-hybridized carbons (Fsp3) is 0.773. The number of morpholine rings is 1. The standard InChI is InChI=1S/C22H32N2O3/c1-15-2-3-20(27-15)19(24-4-6-26-7-5-24)14-23-21(25)22-11-16-8-17(12-22)10-18(9-16)13-22/h2-3,16-19H,4-14H2,1H3,(H,23,25). The summed E-state index contributed by atoms with van der Waals surface area (Å²) in [4.78, 5) is 15.7. The minimum absolute atomic E-state index is 0.0800. The molecule has 5 aliphatic rings. The molecular formula is C22H32N2O3. The van der Waals surface area contributed by atoms with Gasteiger partial charge in [0.2, 0.25) is 5.91 Å². The van der Waals surface area contributed by atoms with E-state index in [0.29, 0.717) is 12.5 Å². The van der Waals surface area contributed by atoms with Crippen LogP contribution in [0.5, 0.6) is 0 Å². The number of hydrogen-bond donors (Lipinski definition) is 1. The van der Waals surface area contributed by atoms with Gasteiger partial charge in [0, 0.05) is 25.0 Å². The van der Waals surface area contributed by atoms with Crippen LogP contribution in [0, 0.1) is 30.1 Å². The average molecular weight is 373 g/mol. The Balaban J connectivity index is 1.29. The predicted octanol–water partition coefficient (Wildman–Crippen LogP) is 3.29. The van der Waals surface area contributed by atoms with Crippen molar-refractivity contribution in [3.63, 3.8) is 0 Å². The van der Waals surface area contributed by atoms with Crippen molar-refractivity contribution in [1.82, 2.24) is 10.2 Å². The van der Waals surface area contributed by atoms with Crippen LogP contribution in [0.3, 0.4) is 0 Å². The maximum atomic E-state index is 13.3. The third-order valence-corrected chi connectivity index (χ3v) is 7.55. The minimum Gasteiger partial charge on any atom is -0.465 e. The zero-order valence-corrected chi connectivity index (χ0v) is 16.4.